The molecule has 1 fully saturated rings. The number of urea groups is 1. The zero-order chi connectivity index (χ0) is 19.7. The highest BCUT2D eigenvalue weighted by molar-refractivity contribution is 5.96. The number of fused-ring (bicyclic) bond motifs is 1. The first-order valence-electron chi connectivity index (χ1n) is 9.46. The molecule has 148 valence electrons. The number of benzene rings is 1. The number of aromatic nitrogens is 1. The first-order valence-corrected chi connectivity index (χ1v) is 9.46. The third-order valence-corrected chi connectivity index (χ3v) is 5.33. The molecule has 1 aromatic carbocycles. The number of halogens is 2. The van der Waals surface area contributed by atoms with Gasteiger partial charge in [-0.05, 0) is 36.8 Å². The molecule has 0 atom stereocenters. The van der Waals surface area contributed by atoms with Gasteiger partial charge >= 0.3 is 6.03 Å². The number of pyridine rings is 1. The molecule has 0 N–H and O–H groups in total. The Morgan fingerprint density at radius 3 is 2.39 bits per heavy atom. The fraction of sp³-hybridized carbons (Fsp3) is 0.400. The SMILES string of the molecule is CN1CCCN(C(=O)N2CCN(c3ccc(F)cn3)CC2)c2ccc(F)cc21. The number of carbonyl (C=O) groups excluding carboxylic acids is 1. The minimum absolute atomic E-state index is 0.0603. The molecule has 2 aliphatic heterocycles. The Morgan fingerprint density at radius 1 is 0.929 bits per heavy atom. The molecule has 2 amide bonds. The highest BCUT2D eigenvalue weighted by Gasteiger charge is 2.29. The van der Waals surface area contributed by atoms with Crippen molar-refractivity contribution in [2.45, 2.75) is 6.42 Å². The van der Waals surface area contributed by atoms with Gasteiger partial charge in [0.15, 0.2) is 0 Å². The average Bonchev–Trinajstić information content (AvgIpc) is 2.87. The van der Waals surface area contributed by atoms with Gasteiger partial charge in [0.25, 0.3) is 0 Å². The van der Waals surface area contributed by atoms with Crippen LogP contribution in [0.15, 0.2) is 36.5 Å². The third kappa shape index (κ3) is 3.58. The molecule has 3 heterocycles. The van der Waals surface area contributed by atoms with Gasteiger partial charge in [0, 0.05) is 46.3 Å². The maximum Gasteiger partial charge on any atom is 0.324 e. The Kier molecular flexibility index (Phi) is 5.02. The second-order valence-electron chi connectivity index (χ2n) is 7.15. The number of hydrogen-bond acceptors (Lipinski definition) is 4. The largest absolute Gasteiger partial charge is 0.373 e. The van der Waals surface area contributed by atoms with Crippen molar-refractivity contribution in [1.29, 1.82) is 0 Å². The van der Waals surface area contributed by atoms with E-state index in [1.807, 2.05) is 21.7 Å². The van der Waals surface area contributed by atoms with Gasteiger partial charge < -0.3 is 14.7 Å². The van der Waals surface area contributed by atoms with Crippen molar-refractivity contribution < 1.29 is 13.6 Å². The monoisotopic (exact) mass is 387 g/mol. The van der Waals surface area contributed by atoms with E-state index >= 15 is 0 Å². The van der Waals surface area contributed by atoms with Crippen LogP contribution in [0.25, 0.3) is 0 Å². The van der Waals surface area contributed by atoms with Gasteiger partial charge in [-0.1, -0.05) is 0 Å². The van der Waals surface area contributed by atoms with Crippen LogP contribution in [0, 0.1) is 11.6 Å². The van der Waals surface area contributed by atoms with Crippen molar-refractivity contribution in [3.05, 3.63) is 48.2 Å². The fourth-order valence-corrected chi connectivity index (χ4v) is 3.79. The summed E-state index contributed by atoms with van der Waals surface area (Å²) >= 11 is 0. The molecule has 0 aliphatic carbocycles. The van der Waals surface area contributed by atoms with Crippen LogP contribution in [0.1, 0.15) is 6.42 Å². The number of piperazine rings is 1. The molecule has 2 aliphatic rings. The Bertz CT molecular complexity index is 852. The van der Waals surface area contributed by atoms with Gasteiger partial charge in [0.1, 0.15) is 17.5 Å². The number of hydrogen-bond donors (Lipinski definition) is 0. The summed E-state index contributed by atoms with van der Waals surface area (Å²) in [4.78, 5) is 24.9. The van der Waals surface area contributed by atoms with Gasteiger partial charge in [0.2, 0.25) is 0 Å². The van der Waals surface area contributed by atoms with E-state index in [0.29, 0.717) is 38.5 Å². The highest BCUT2D eigenvalue weighted by atomic mass is 19.1. The van der Waals surface area contributed by atoms with Crippen LogP contribution in [0.3, 0.4) is 0 Å². The van der Waals surface area contributed by atoms with Gasteiger partial charge in [-0.2, -0.15) is 0 Å². The maximum atomic E-state index is 13.7. The smallest absolute Gasteiger partial charge is 0.324 e. The van der Waals surface area contributed by atoms with Crippen LogP contribution in [0.2, 0.25) is 0 Å². The predicted molar refractivity (Wildman–Crippen MR) is 105 cm³/mol. The zero-order valence-electron chi connectivity index (χ0n) is 15.8. The second-order valence-corrected chi connectivity index (χ2v) is 7.15. The molecule has 4 rings (SSSR count). The predicted octanol–water partition coefficient (Wildman–Crippen LogP) is 2.95. The standard InChI is InChI=1S/C20H23F2N5O/c1-24-7-2-8-27(17-5-3-15(21)13-18(17)24)20(28)26-11-9-25(10-12-26)19-6-4-16(22)14-23-19/h3-6,13-14H,2,7-12H2,1H3. The van der Waals surface area contributed by atoms with Gasteiger partial charge in [0.05, 0.1) is 17.6 Å². The van der Waals surface area contributed by atoms with E-state index in [1.165, 1.54) is 24.4 Å². The van der Waals surface area contributed by atoms with Crippen LogP contribution < -0.4 is 14.7 Å². The number of amides is 2. The molecule has 0 radical (unpaired) electrons. The number of nitrogens with zero attached hydrogens (tertiary/aromatic N) is 5. The molecular weight excluding hydrogens is 364 g/mol. The lowest BCUT2D eigenvalue weighted by Crippen LogP contribution is -2.53. The van der Waals surface area contributed by atoms with Crippen LogP contribution in [-0.2, 0) is 0 Å². The van der Waals surface area contributed by atoms with Gasteiger partial charge in [-0.15, -0.1) is 0 Å². The van der Waals surface area contributed by atoms with E-state index in [0.717, 1.165) is 24.3 Å². The summed E-state index contributed by atoms with van der Waals surface area (Å²) < 4.78 is 26.8. The number of carbonyl (C=O) groups is 1. The molecule has 8 heteroatoms. The molecule has 0 bridgehead atoms. The molecule has 0 spiro atoms. The lowest BCUT2D eigenvalue weighted by molar-refractivity contribution is 0.201. The van der Waals surface area contributed by atoms with Crippen molar-refractivity contribution in [3.8, 4) is 0 Å². The summed E-state index contributed by atoms with van der Waals surface area (Å²) in [7, 11) is 1.92. The molecule has 6 nitrogen and oxygen atoms in total. The number of anilines is 3. The van der Waals surface area contributed by atoms with Crippen molar-refractivity contribution in [3.63, 3.8) is 0 Å². The summed E-state index contributed by atoms with van der Waals surface area (Å²) in [6.07, 6.45) is 2.02. The van der Waals surface area contributed by atoms with Crippen molar-refractivity contribution in [2.24, 2.45) is 0 Å². The first-order chi connectivity index (χ1) is 13.5. The van der Waals surface area contributed by atoms with E-state index in [4.69, 9.17) is 0 Å². The molecule has 1 saturated heterocycles. The lowest BCUT2D eigenvalue weighted by atomic mass is 10.2. The van der Waals surface area contributed by atoms with E-state index in [2.05, 4.69) is 4.98 Å². The summed E-state index contributed by atoms with van der Waals surface area (Å²) in [5, 5.41) is 0. The highest BCUT2D eigenvalue weighted by Crippen LogP contribution is 2.33. The Hall–Kier alpha value is -2.90. The Balaban J connectivity index is 1.48. The zero-order valence-corrected chi connectivity index (χ0v) is 15.8. The Labute approximate surface area is 163 Å². The van der Waals surface area contributed by atoms with Gasteiger partial charge in [-0.3, -0.25) is 4.90 Å². The van der Waals surface area contributed by atoms with Gasteiger partial charge in [-0.25, -0.2) is 18.6 Å². The van der Waals surface area contributed by atoms with E-state index in [9.17, 15) is 13.6 Å². The quantitative estimate of drug-likeness (QED) is 0.755. The average molecular weight is 387 g/mol. The van der Waals surface area contributed by atoms with E-state index in [1.54, 1.807) is 17.0 Å². The molecule has 0 saturated carbocycles. The normalized spacial score (nSPS) is 17.4. The fourth-order valence-electron chi connectivity index (χ4n) is 3.79. The topological polar surface area (TPSA) is 42.9 Å². The summed E-state index contributed by atoms with van der Waals surface area (Å²) in [5.41, 5.74) is 1.48. The summed E-state index contributed by atoms with van der Waals surface area (Å²) in [6, 6.07) is 7.56. The van der Waals surface area contributed by atoms with E-state index < -0.39 is 0 Å². The van der Waals surface area contributed by atoms with Crippen molar-refractivity contribution >= 4 is 23.2 Å². The third-order valence-electron chi connectivity index (χ3n) is 5.33. The van der Waals surface area contributed by atoms with Crippen LogP contribution in [-0.4, -0.2) is 62.2 Å². The minimum Gasteiger partial charge on any atom is -0.373 e. The molecule has 2 aromatic rings. The van der Waals surface area contributed by atoms with Crippen LogP contribution in [0.5, 0.6) is 0 Å². The van der Waals surface area contributed by atoms with Crippen molar-refractivity contribution in [1.82, 2.24) is 9.88 Å². The second kappa shape index (κ2) is 7.61. The van der Waals surface area contributed by atoms with Crippen LogP contribution in [0.4, 0.5) is 30.8 Å². The van der Waals surface area contributed by atoms with E-state index in [-0.39, 0.29) is 17.7 Å². The Morgan fingerprint density at radius 2 is 1.68 bits per heavy atom. The van der Waals surface area contributed by atoms with Crippen LogP contribution >= 0.6 is 0 Å². The molecule has 1 aromatic heterocycles. The lowest BCUT2D eigenvalue weighted by Gasteiger charge is -2.38. The summed E-state index contributed by atoms with van der Waals surface area (Å²) in [6.45, 7) is 3.75. The summed E-state index contributed by atoms with van der Waals surface area (Å²) in [5.74, 6) is 0.0461. The molecular formula is C20H23F2N5O. The minimum atomic E-state index is -0.362. The number of rotatable bonds is 1. The molecule has 0 unspecified atom stereocenters. The molecule has 28 heavy (non-hydrogen) atoms. The maximum absolute atomic E-state index is 13.7. The first kappa shape index (κ1) is 18.5. The van der Waals surface area contributed by atoms with Crippen molar-refractivity contribution in [2.75, 3.05) is 61.0 Å².